The fourth-order valence-electron chi connectivity index (χ4n) is 2.33. The number of likely N-dealkylation sites (N-methyl/N-ethyl adjacent to an activating group) is 1. The van der Waals surface area contributed by atoms with Crippen LogP contribution >= 0.6 is 0 Å². The van der Waals surface area contributed by atoms with Crippen molar-refractivity contribution >= 4 is 0 Å². The molecule has 2 N–H and O–H groups in total. The summed E-state index contributed by atoms with van der Waals surface area (Å²) in [6.07, 6.45) is -4.60. The Hall–Kier alpha value is -1.14. The van der Waals surface area contributed by atoms with Crippen LogP contribution < -0.4 is 5.73 Å². The Balaban J connectivity index is 3.29. The Bertz CT molecular complexity index is 471. The molecule has 0 fully saturated rings. The number of nitrogens with zero attached hydrogens (tertiary/aromatic N) is 1. The summed E-state index contributed by atoms with van der Waals surface area (Å²) >= 11 is 0. The van der Waals surface area contributed by atoms with Gasteiger partial charge in [-0.05, 0) is 37.6 Å². The Morgan fingerprint density at radius 1 is 1.19 bits per heavy atom. The average molecular weight is 306 g/mol. The van der Waals surface area contributed by atoms with E-state index in [4.69, 9.17) is 5.73 Å². The molecular weight excluding hydrogens is 284 g/mol. The zero-order chi connectivity index (χ0) is 16.4. The van der Waals surface area contributed by atoms with Gasteiger partial charge in [-0.2, -0.15) is 13.2 Å². The van der Waals surface area contributed by atoms with Crippen molar-refractivity contribution in [2.24, 2.45) is 11.7 Å². The van der Waals surface area contributed by atoms with Gasteiger partial charge in [0.05, 0.1) is 5.56 Å². The molecule has 2 unspecified atom stereocenters. The molecule has 1 aromatic rings. The second kappa shape index (κ2) is 6.75. The van der Waals surface area contributed by atoms with E-state index in [-0.39, 0.29) is 24.1 Å². The van der Waals surface area contributed by atoms with Crippen molar-refractivity contribution in [1.29, 1.82) is 0 Å². The van der Waals surface area contributed by atoms with Gasteiger partial charge in [0.15, 0.2) is 0 Å². The van der Waals surface area contributed by atoms with Gasteiger partial charge in [-0.3, -0.25) is 4.90 Å². The highest BCUT2D eigenvalue weighted by atomic mass is 19.4. The predicted molar refractivity (Wildman–Crippen MR) is 75.3 cm³/mol. The van der Waals surface area contributed by atoms with Gasteiger partial charge in [-0.1, -0.05) is 19.9 Å². The first-order valence-electron chi connectivity index (χ1n) is 6.88. The Labute approximate surface area is 122 Å². The van der Waals surface area contributed by atoms with E-state index in [1.807, 2.05) is 25.7 Å². The number of alkyl halides is 3. The molecule has 0 aliphatic rings. The van der Waals surface area contributed by atoms with Crippen LogP contribution in [-0.2, 0) is 6.18 Å². The normalized spacial score (nSPS) is 15.6. The van der Waals surface area contributed by atoms with E-state index < -0.39 is 23.6 Å². The molecule has 1 aromatic carbocycles. The minimum atomic E-state index is -4.60. The molecule has 0 amide bonds. The maximum absolute atomic E-state index is 13.2. The van der Waals surface area contributed by atoms with Crippen LogP contribution in [0.3, 0.4) is 0 Å². The predicted octanol–water partition coefficient (Wildman–Crippen LogP) is 3.82. The van der Waals surface area contributed by atoms with Gasteiger partial charge in [0.25, 0.3) is 0 Å². The summed E-state index contributed by atoms with van der Waals surface area (Å²) in [5.41, 5.74) is 4.75. The van der Waals surface area contributed by atoms with Gasteiger partial charge >= 0.3 is 6.18 Å². The molecule has 0 aliphatic carbocycles. The third-order valence-electron chi connectivity index (χ3n) is 4.00. The molecule has 0 heterocycles. The van der Waals surface area contributed by atoms with Gasteiger partial charge < -0.3 is 5.73 Å². The van der Waals surface area contributed by atoms with Crippen molar-refractivity contribution in [3.63, 3.8) is 0 Å². The fraction of sp³-hybridized carbons (Fsp3) is 0.600. The molecule has 2 nitrogen and oxygen atoms in total. The zero-order valence-corrected chi connectivity index (χ0v) is 12.7. The number of nitrogens with two attached hydrogens (primary N) is 1. The third-order valence-corrected chi connectivity index (χ3v) is 4.00. The van der Waals surface area contributed by atoms with E-state index in [0.717, 1.165) is 6.07 Å². The minimum absolute atomic E-state index is 0.0152. The topological polar surface area (TPSA) is 29.3 Å². The van der Waals surface area contributed by atoms with Crippen LogP contribution in [0.5, 0.6) is 0 Å². The lowest BCUT2D eigenvalue weighted by atomic mass is 9.95. The number of hydrogen-bond acceptors (Lipinski definition) is 2. The second-order valence-corrected chi connectivity index (χ2v) is 5.63. The van der Waals surface area contributed by atoms with Crippen LogP contribution in [0.2, 0.25) is 0 Å². The van der Waals surface area contributed by atoms with Crippen LogP contribution in [0.25, 0.3) is 0 Å². The van der Waals surface area contributed by atoms with Crippen molar-refractivity contribution in [2.75, 3.05) is 13.6 Å². The Morgan fingerprint density at radius 2 is 1.76 bits per heavy atom. The van der Waals surface area contributed by atoms with E-state index in [1.54, 1.807) is 7.05 Å². The summed E-state index contributed by atoms with van der Waals surface area (Å²) in [7, 11) is 1.74. The summed E-state index contributed by atoms with van der Waals surface area (Å²) in [5, 5.41) is 0. The molecule has 0 aliphatic heterocycles. The summed E-state index contributed by atoms with van der Waals surface area (Å²) in [4.78, 5) is 1.81. The van der Waals surface area contributed by atoms with E-state index >= 15 is 0 Å². The third kappa shape index (κ3) is 4.17. The van der Waals surface area contributed by atoms with Gasteiger partial charge in [0.2, 0.25) is 0 Å². The van der Waals surface area contributed by atoms with E-state index in [9.17, 15) is 17.6 Å². The van der Waals surface area contributed by atoms with E-state index in [1.165, 1.54) is 6.07 Å². The molecular formula is C15H22F4N2. The molecule has 120 valence electrons. The van der Waals surface area contributed by atoms with Crippen LogP contribution in [0.1, 0.15) is 37.9 Å². The van der Waals surface area contributed by atoms with Gasteiger partial charge in [-0.15, -0.1) is 0 Å². The van der Waals surface area contributed by atoms with Crippen molar-refractivity contribution in [3.8, 4) is 0 Å². The first kappa shape index (κ1) is 17.9. The average Bonchev–Trinajstić information content (AvgIpc) is 2.38. The highest BCUT2D eigenvalue weighted by Crippen LogP contribution is 2.37. The molecule has 0 bridgehead atoms. The molecule has 0 saturated carbocycles. The Morgan fingerprint density at radius 3 is 2.19 bits per heavy atom. The SMILES string of the molecule is CC(C)C(C)N(C)C(CN)c1ccc(F)cc1C(F)(F)F. The van der Waals surface area contributed by atoms with Gasteiger partial charge in [-0.25, -0.2) is 4.39 Å². The minimum Gasteiger partial charge on any atom is -0.329 e. The van der Waals surface area contributed by atoms with E-state index in [2.05, 4.69) is 0 Å². The molecule has 1 rings (SSSR count). The van der Waals surface area contributed by atoms with Crippen LogP contribution in [0.15, 0.2) is 18.2 Å². The standard InChI is InChI=1S/C15H22F4N2/c1-9(2)10(3)21(4)14(8-20)12-6-5-11(16)7-13(12)15(17,18)19/h5-7,9-10,14H,8,20H2,1-4H3. The lowest BCUT2D eigenvalue weighted by molar-refractivity contribution is -0.139. The fourth-order valence-corrected chi connectivity index (χ4v) is 2.33. The smallest absolute Gasteiger partial charge is 0.329 e. The number of hydrogen-bond donors (Lipinski definition) is 1. The molecule has 2 atom stereocenters. The summed E-state index contributed by atoms with van der Waals surface area (Å²) in [6.45, 7) is 5.94. The monoisotopic (exact) mass is 306 g/mol. The number of benzene rings is 1. The maximum atomic E-state index is 13.2. The number of rotatable bonds is 5. The first-order chi connectivity index (χ1) is 9.59. The molecule has 0 aromatic heterocycles. The molecule has 0 spiro atoms. The van der Waals surface area contributed by atoms with Crippen molar-refractivity contribution < 1.29 is 17.6 Å². The molecule has 0 radical (unpaired) electrons. The maximum Gasteiger partial charge on any atom is 0.416 e. The van der Waals surface area contributed by atoms with Crippen LogP contribution in [-0.4, -0.2) is 24.5 Å². The second-order valence-electron chi connectivity index (χ2n) is 5.63. The quantitative estimate of drug-likeness (QED) is 0.838. The molecule has 0 saturated heterocycles. The highest BCUT2D eigenvalue weighted by molar-refractivity contribution is 5.33. The number of halogens is 4. The first-order valence-corrected chi connectivity index (χ1v) is 6.88. The van der Waals surface area contributed by atoms with Gasteiger partial charge in [0.1, 0.15) is 5.82 Å². The Kier molecular flexibility index (Phi) is 5.75. The highest BCUT2D eigenvalue weighted by Gasteiger charge is 2.37. The van der Waals surface area contributed by atoms with Crippen molar-refractivity contribution in [2.45, 2.75) is 39.0 Å². The van der Waals surface area contributed by atoms with E-state index in [0.29, 0.717) is 6.07 Å². The summed E-state index contributed by atoms with van der Waals surface area (Å²) in [6, 6.07) is 2.19. The van der Waals surface area contributed by atoms with Gasteiger partial charge in [0, 0.05) is 18.6 Å². The summed E-state index contributed by atoms with van der Waals surface area (Å²) < 4.78 is 52.6. The van der Waals surface area contributed by atoms with Crippen LogP contribution in [0.4, 0.5) is 17.6 Å². The lowest BCUT2D eigenvalue weighted by Gasteiger charge is -2.36. The van der Waals surface area contributed by atoms with Crippen molar-refractivity contribution in [3.05, 3.63) is 35.1 Å². The summed E-state index contributed by atoms with van der Waals surface area (Å²) in [5.74, 6) is -0.639. The van der Waals surface area contributed by atoms with Crippen molar-refractivity contribution in [1.82, 2.24) is 4.90 Å². The zero-order valence-electron chi connectivity index (χ0n) is 12.7. The molecule has 21 heavy (non-hydrogen) atoms. The largest absolute Gasteiger partial charge is 0.416 e. The van der Waals surface area contributed by atoms with Crippen LogP contribution in [0, 0.1) is 11.7 Å². The molecule has 6 heteroatoms. The lowest BCUT2D eigenvalue weighted by Crippen LogP contribution is -2.40.